The Morgan fingerprint density at radius 2 is 1.63 bits per heavy atom. The van der Waals surface area contributed by atoms with E-state index in [4.69, 9.17) is 0 Å². The summed E-state index contributed by atoms with van der Waals surface area (Å²) in [5.41, 5.74) is 1.64. The second-order valence-corrected chi connectivity index (χ2v) is 4.91. The van der Waals surface area contributed by atoms with Crippen molar-refractivity contribution in [3.05, 3.63) is 35.4 Å². The Morgan fingerprint density at radius 1 is 1.11 bits per heavy atom. The van der Waals surface area contributed by atoms with Crippen molar-refractivity contribution in [3.8, 4) is 0 Å². The van der Waals surface area contributed by atoms with E-state index in [1.807, 2.05) is 12.1 Å². The predicted molar refractivity (Wildman–Crippen MR) is 69.6 cm³/mol. The molecule has 1 N–H and O–H groups in total. The molecule has 5 nitrogen and oxygen atoms in total. The maximum atomic E-state index is 12.2. The van der Waals surface area contributed by atoms with Crippen LogP contribution in [0.4, 0.5) is 0 Å². The smallest absolute Gasteiger partial charge is 0.254 e. The fourth-order valence-corrected chi connectivity index (χ4v) is 1.97. The summed E-state index contributed by atoms with van der Waals surface area (Å²) < 4.78 is 0. The SMILES string of the molecule is CC(C)c1ccc(C(=O)N2CC(=O)NC(=O)C2)cc1. The molecule has 1 saturated heterocycles. The van der Waals surface area contributed by atoms with E-state index < -0.39 is 11.8 Å². The molecule has 0 spiro atoms. The third-order valence-corrected chi connectivity index (χ3v) is 3.06. The summed E-state index contributed by atoms with van der Waals surface area (Å²) in [5, 5.41) is 2.17. The van der Waals surface area contributed by atoms with Crippen LogP contribution in [0.5, 0.6) is 0 Å². The molecule has 1 aliphatic rings. The number of hydrogen-bond donors (Lipinski definition) is 1. The van der Waals surface area contributed by atoms with E-state index >= 15 is 0 Å². The molecule has 3 amide bonds. The average Bonchev–Trinajstić information content (AvgIpc) is 2.37. The number of nitrogens with zero attached hydrogens (tertiary/aromatic N) is 1. The molecule has 1 fully saturated rings. The molecule has 100 valence electrons. The van der Waals surface area contributed by atoms with Gasteiger partial charge < -0.3 is 4.90 Å². The second kappa shape index (κ2) is 5.22. The quantitative estimate of drug-likeness (QED) is 0.804. The van der Waals surface area contributed by atoms with Crippen molar-refractivity contribution < 1.29 is 14.4 Å². The predicted octanol–water partition coefficient (Wildman–Crippen LogP) is 0.909. The normalized spacial score (nSPS) is 15.6. The number of piperazine rings is 1. The zero-order chi connectivity index (χ0) is 14.0. The summed E-state index contributed by atoms with van der Waals surface area (Å²) in [6.07, 6.45) is 0. The zero-order valence-electron chi connectivity index (χ0n) is 11.0. The maximum absolute atomic E-state index is 12.2. The number of carbonyl (C=O) groups is 3. The summed E-state index contributed by atoms with van der Waals surface area (Å²) in [7, 11) is 0. The number of amides is 3. The maximum Gasteiger partial charge on any atom is 0.254 e. The van der Waals surface area contributed by atoms with Gasteiger partial charge in [-0.15, -0.1) is 0 Å². The molecule has 1 aromatic carbocycles. The minimum Gasteiger partial charge on any atom is -0.320 e. The van der Waals surface area contributed by atoms with Crippen LogP contribution in [0.2, 0.25) is 0 Å². The number of carbonyl (C=O) groups excluding carboxylic acids is 3. The molecular weight excluding hydrogens is 244 g/mol. The molecule has 19 heavy (non-hydrogen) atoms. The van der Waals surface area contributed by atoms with Crippen LogP contribution in [-0.2, 0) is 9.59 Å². The first kappa shape index (κ1) is 13.3. The Bertz CT molecular complexity index is 504. The zero-order valence-corrected chi connectivity index (χ0v) is 11.0. The van der Waals surface area contributed by atoms with E-state index in [-0.39, 0.29) is 19.0 Å². The molecule has 0 aromatic heterocycles. The minimum absolute atomic E-state index is 0.0729. The van der Waals surface area contributed by atoms with Gasteiger partial charge in [0.05, 0.1) is 0 Å². The van der Waals surface area contributed by atoms with Gasteiger partial charge in [-0.25, -0.2) is 0 Å². The molecule has 0 unspecified atom stereocenters. The number of rotatable bonds is 2. The van der Waals surface area contributed by atoms with Crippen LogP contribution in [0.3, 0.4) is 0 Å². The lowest BCUT2D eigenvalue weighted by Crippen LogP contribution is -2.53. The first-order valence-corrected chi connectivity index (χ1v) is 6.19. The first-order valence-electron chi connectivity index (χ1n) is 6.19. The highest BCUT2D eigenvalue weighted by atomic mass is 16.2. The standard InChI is InChI=1S/C14H16N2O3/c1-9(2)10-3-5-11(6-4-10)14(19)16-7-12(17)15-13(18)8-16/h3-6,9H,7-8H2,1-2H3,(H,15,17,18). The van der Waals surface area contributed by atoms with Gasteiger partial charge in [-0.1, -0.05) is 26.0 Å². The number of imide groups is 1. The lowest BCUT2D eigenvalue weighted by molar-refractivity contribution is -0.135. The van der Waals surface area contributed by atoms with E-state index in [1.165, 1.54) is 4.90 Å². The Balaban J connectivity index is 2.15. The third kappa shape index (κ3) is 2.99. The Labute approximate surface area is 111 Å². The van der Waals surface area contributed by atoms with Crippen LogP contribution in [0, 0.1) is 0 Å². The van der Waals surface area contributed by atoms with Crippen LogP contribution in [-0.4, -0.2) is 35.7 Å². The van der Waals surface area contributed by atoms with Gasteiger partial charge in [-0.2, -0.15) is 0 Å². The summed E-state index contributed by atoms with van der Waals surface area (Å²) in [6.45, 7) is 4.00. The minimum atomic E-state index is -0.441. The van der Waals surface area contributed by atoms with Gasteiger partial charge in [0.25, 0.3) is 5.91 Å². The van der Waals surface area contributed by atoms with Gasteiger partial charge in [0, 0.05) is 5.56 Å². The fourth-order valence-electron chi connectivity index (χ4n) is 1.97. The number of nitrogens with one attached hydrogen (secondary N) is 1. The van der Waals surface area contributed by atoms with Crippen molar-refractivity contribution in [2.24, 2.45) is 0 Å². The molecule has 0 radical (unpaired) electrons. The summed E-state index contributed by atoms with van der Waals surface area (Å²) in [4.78, 5) is 35.9. The van der Waals surface area contributed by atoms with E-state index in [9.17, 15) is 14.4 Å². The molecule has 5 heteroatoms. The molecule has 0 atom stereocenters. The molecule has 0 saturated carbocycles. The van der Waals surface area contributed by atoms with E-state index in [2.05, 4.69) is 19.2 Å². The molecule has 0 bridgehead atoms. The first-order chi connectivity index (χ1) is 8.97. The van der Waals surface area contributed by atoms with Crippen LogP contribution in [0.15, 0.2) is 24.3 Å². The van der Waals surface area contributed by atoms with Gasteiger partial charge in [-0.05, 0) is 23.6 Å². The number of benzene rings is 1. The highest BCUT2D eigenvalue weighted by molar-refractivity contribution is 6.05. The van der Waals surface area contributed by atoms with Crippen molar-refractivity contribution in [2.75, 3.05) is 13.1 Å². The van der Waals surface area contributed by atoms with Crippen molar-refractivity contribution in [2.45, 2.75) is 19.8 Å². The molecular formula is C14H16N2O3. The fraction of sp³-hybridized carbons (Fsp3) is 0.357. The summed E-state index contributed by atoms with van der Waals surface area (Å²) in [5.74, 6) is -0.781. The van der Waals surface area contributed by atoms with Gasteiger partial charge in [0.2, 0.25) is 11.8 Å². The third-order valence-electron chi connectivity index (χ3n) is 3.06. The van der Waals surface area contributed by atoms with Gasteiger partial charge in [-0.3, -0.25) is 19.7 Å². The largest absolute Gasteiger partial charge is 0.320 e. The van der Waals surface area contributed by atoms with E-state index in [0.29, 0.717) is 11.5 Å². The topological polar surface area (TPSA) is 66.5 Å². The summed E-state index contributed by atoms with van der Waals surface area (Å²) in [6, 6.07) is 7.25. The highest BCUT2D eigenvalue weighted by Crippen LogP contribution is 2.16. The van der Waals surface area contributed by atoms with Gasteiger partial charge >= 0.3 is 0 Å². The highest BCUT2D eigenvalue weighted by Gasteiger charge is 2.26. The molecule has 1 heterocycles. The van der Waals surface area contributed by atoms with Gasteiger partial charge in [0.1, 0.15) is 13.1 Å². The average molecular weight is 260 g/mol. The Morgan fingerprint density at radius 3 is 2.11 bits per heavy atom. The Kier molecular flexibility index (Phi) is 3.64. The Hall–Kier alpha value is -2.17. The number of hydrogen-bond acceptors (Lipinski definition) is 3. The van der Waals surface area contributed by atoms with Crippen molar-refractivity contribution in [1.29, 1.82) is 0 Å². The molecule has 1 aliphatic heterocycles. The lowest BCUT2D eigenvalue weighted by atomic mass is 10.0. The van der Waals surface area contributed by atoms with E-state index in [0.717, 1.165) is 5.56 Å². The lowest BCUT2D eigenvalue weighted by Gasteiger charge is -2.25. The summed E-state index contributed by atoms with van der Waals surface area (Å²) >= 11 is 0. The van der Waals surface area contributed by atoms with Crippen molar-refractivity contribution in [1.82, 2.24) is 10.2 Å². The van der Waals surface area contributed by atoms with Gasteiger partial charge in [0.15, 0.2) is 0 Å². The molecule has 1 aromatic rings. The van der Waals surface area contributed by atoms with Crippen molar-refractivity contribution in [3.63, 3.8) is 0 Å². The molecule has 0 aliphatic carbocycles. The van der Waals surface area contributed by atoms with Crippen LogP contribution < -0.4 is 5.32 Å². The van der Waals surface area contributed by atoms with Crippen LogP contribution in [0.1, 0.15) is 35.7 Å². The second-order valence-electron chi connectivity index (χ2n) is 4.91. The van der Waals surface area contributed by atoms with Crippen LogP contribution >= 0.6 is 0 Å². The van der Waals surface area contributed by atoms with E-state index in [1.54, 1.807) is 12.1 Å². The van der Waals surface area contributed by atoms with Crippen LogP contribution in [0.25, 0.3) is 0 Å². The van der Waals surface area contributed by atoms with Crippen molar-refractivity contribution >= 4 is 17.7 Å². The molecule has 2 rings (SSSR count). The monoisotopic (exact) mass is 260 g/mol.